The number of aromatic amines is 1. The molecular formula is C19H16ClFN6O. The Morgan fingerprint density at radius 1 is 1.25 bits per heavy atom. The van der Waals surface area contributed by atoms with Crippen LogP contribution >= 0.6 is 11.6 Å². The molecule has 0 unspecified atom stereocenters. The Labute approximate surface area is 165 Å². The Morgan fingerprint density at radius 3 is 2.75 bits per heavy atom. The number of rotatable bonds is 3. The predicted molar refractivity (Wildman–Crippen MR) is 104 cm³/mol. The van der Waals surface area contributed by atoms with E-state index >= 15 is 0 Å². The predicted octanol–water partition coefficient (Wildman–Crippen LogP) is 2.30. The third-order valence-corrected chi connectivity index (χ3v) is 5.05. The van der Waals surface area contributed by atoms with Gasteiger partial charge in [0, 0.05) is 38.9 Å². The van der Waals surface area contributed by atoms with Gasteiger partial charge in [-0.15, -0.1) is 0 Å². The number of hydrogen-bond acceptors (Lipinski definition) is 6. The van der Waals surface area contributed by atoms with Crippen molar-refractivity contribution < 1.29 is 4.39 Å². The Hall–Kier alpha value is -3.02. The number of anilines is 1. The first-order valence-electron chi connectivity index (χ1n) is 8.75. The van der Waals surface area contributed by atoms with Gasteiger partial charge in [-0.1, -0.05) is 11.6 Å². The topological polar surface area (TPSA) is 88.9 Å². The van der Waals surface area contributed by atoms with E-state index in [4.69, 9.17) is 16.9 Å². The van der Waals surface area contributed by atoms with E-state index in [2.05, 4.69) is 19.9 Å². The van der Waals surface area contributed by atoms with Crippen molar-refractivity contribution in [1.29, 1.82) is 5.26 Å². The molecular weight excluding hydrogens is 383 g/mol. The summed E-state index contributed by atoms with van der Waals surface area (Å²) < 4.78 is 14.1. The van der Waals surface area contributed by atoms with Crippen LogP contribution in [0, 0.1) is 17.3 Å². The number of fused-ring (bicyclic) bond motifs is 1. The summed E-state index contributed by atoms with van der Waals surface area (Å²) in [6, 6.07) is 8.42. The molecule has 0 radical (unpaired) electrons. The molecule has 1 N–H and O–H groups in total. The summed E-state index contributed by atoms with van der Waals surface area (Å²) in [5, 5.41) is 8.92. The molecule has 9 heteroatoms. The zero-order valence-electron chi connectivity index (χ0n) is 14.8. The second kappa shape index (κ2) is 7.54. The molecule has 0 aliphatic carbocycles. The quantitative estimate of drug-likeness (QED) is 0.681. The SMILES string of the molecule is N#Cc1ccc(N2CCN(Cc3cnc4cc(Cl)c(=O)[nH]c4c3)CC2)c(F)n1. The summed E-state index contributed by atoms with van der Waals surface area (Å²) in [5.74, 6) is -0.617. The average Bonchev–Trinajstić information content (AvgIpc) is 2.70. The number of aromatic nitrogens is 3. The van der Waals surface area contributed by atoms with Crippen molar-refractivity contribution in [1.82, 2.24) is 19.9 Å². The van der Waals surface area contributed by atoms with Crippen molar-refractivity contribution in [3.63, 3.8) is 0 Å². The van der Waals surface area contributed by atoms with Crippen LogP contribution in [0.2, 0.25) is 5.02 Å². The van der Waals surface area contributed by atoms with Gasteiger partial charge >= 0.3 is 0 Å². The van der Waals surface area contributed by atoms with E-state index in [-0.39, 0.29) is 16.3 Å². The third kappa shape index (κ3) is 3.67. The van der Waals surface area contributed by atoms with E-state index in [0.29, 0.717) is 36.4 Å². The largest absolute Gasteiger partial charge is 0.365 e. The zero-order chi connectivity index (χ0) is 19.7. The van der Waals surface area contributed by atoms with Crippen LogP contribution in [0.4, 0.5) is 10.1 Å². The molecule has 0 atom stereocenters. The normalized spacial score (nSPS) is 15.0. The van der Waals surface area contributed by atoms with Crippen molar-refractivity contribution in [2.24, 2.45) is 0 Å². The summed E-state index contributed by atoms with van der Waals surface area (Å²) in [5.41, 5.74) is 2.42. The molecule has 3 aromatic rings. The van der Waals surface area contributed by atoms with Crippen LogP contribution in [0.25, 0.3) is 11.0 Å². The molecule has 4 heterocycles. The van der Waals surface area contributed by atoms with Gasteiger partial charge in [0.05, 0.1) is 16.7 Å². The van der Waals surface area contributed by atoms with Gasteiger partial charge in [-0.05, 0) is 29.8 Å². The molecule has 142 valence electrons. The number of halogens is 2. The summed E-state index contributed by atoms with van der Waals surface area (Å²) in [7, 11) is 0. The molecule has 0 bridgehead atoms. The van der Waals surface area contributed by atoms with E-state index in [0.717, 1.165) is 18.7 Å². The molecule has 1 saturated heterocycles. The number of piperazine rings is 1. The molecule has 0 spiro atoms. The lowest BCUT2D eigenvalue weighted by Gasteiger charge is -2.36. The monoisotopic (exact) mass is 398 g/mol. The van der Waals surface area contributed by atoms with Gasteiger partial charge in [-0.3, -0.25) is 14.7 Å². The molecule has 1 aliphatic heterocycles. The van der Waals surface area contributed by atoms with Crippen molar-refractivity contribution in [2.45, 2.75) is 6.54 Å². The number of hydrogen-bond donors (Lipinski definition) is 1. The van der Waals surface area contributed by atoms with Gasteiger partial charge in [-0.2, -0.15) is 9.65 Å². The first-order valence-corrected chi connectivity index (χ1v) is 9.13. The molecule has 7 nitrogen and oxygen atoms in total. The van der Waals surface area contributed by atoms with Crippen molar-refractivity contribution in [3.05, 3.63) is 63.0 Å². The van der Waals surface area contributed by atoms with Crippen molar-refractivity contribution in [3.8, 4) is 6.07 Å². The number of nitriles is 1. The van der Waals surface area contributed by atoms with Crippen molar-refractivity contribution >= 4 is 28.3 Å². The summed E-state index contributed by atoms with van der Waals surface area (Å²) >= 11 is 5.83. The lowest BCUT2D eigenvalue weighted by Crippen LogP contribution is -2.46. The molecule has 0 amide bonds. The molecule has 4 rings (SSSR count). The smallest absolute Gasteiger partial charge is 0.267 e. The molecule has 0 aromatic carbocycles. The Kier molecular flexibility index (Phi) is 4.94. The maximum Gasteiger partial charge on any atom is 0.267 e. The zero-order valence-corrected chi connectivity index (χ0v) is 15.6. The average molecular weight is 399 g/mol. The second-order valence-corrected chi connectivity index (χ2v) is 7.01. The number of nitrogens with zero attached hydrogens (tertiary/aromatic N) is 5. The molecule has 3 aromatic heterocycles. The lowest BCUT2D eigenvalue weighted by molar-refractivity contribution is 0.249. The van der Waals surface area contributed by atoms with Crippen LogP contribution in [0.15, 0.2) is 35.3 Å². The first-order chi connectivity index (χ1) is 13.5. The Morgan fingerprint density at radius 2 is 2.04 bits per heavy atom. The van der Waals surface area contributed by atoms with E-state index in [1.165, 1.54) is 6.07 Å². The number of H-pyrrole nitrogens is 1. The Balaban J connectivity index is 1.43. The van der Waals surface area contributed by atoms with Crippen LogP contribution in [0.3, 0.4) is 0 Å². The number of nitrogens with one attached hydrogen (secondary N) is 1. The highest BCUT2D eigenvalue weighted by molar-refractivity contribution is 6.30. The van der Waals surface area contributed by atoms with E-state index < -0.39 is 5.95 Å². The summed E-state index contributed by atoms with van der Waals surface area (Å²) in [6.45, 7) is 3.47. The van der Waals surface area contributed by atoms with Gasteiger partial charge in [0.2, 0.25) is 5.95 Å². The maximum absolute atomic E-state index is 14.1. The minimum atomic E-state index is -0.617. The van der Waals surface area contributed by atoms with Gasteiger partial charge < -0.3 is 9.88 Å². The molecule has 0 saturated carbocycles. The highest BCUT2D eigenvalue weighted by Crippen LogP contribution is 2.21. The minimum Gasteiger partial charge on any atom is -0.365 e. The fourth-order valence-electron chi connectivity index (χ4n) is 3.32. The maximum atomic E-state index is 14.1. The van der Waals surface area contributed by atoms with Crippen LogP contribution in [-0.2, 0) is 6.54 Å². The summed E-state index contributed by atoms with van der Waals surface area (Å²) in [6.07, 6.45) is 1.77. The van der Waals surface area contributed by atoms with E-state index in [1.54, 1.807) is 18.3 Å². The second-order valence-electron chi connectivity index (χ2n) is 6.60. The van der Waals surface area contributed by atoms with Gasteiger partial charge in [0.25, 0.3) is 5.56 Å². The summed E-state index contributed by atoms with van der Waals surface area (Å²) in [4.78, 5) is 26.6. The van der Waals surface area contributed by atoms with Crippen LogP contribution in [-0.4, -0.2) is 46.0 Å². The standard InChI is InChI=1S/C19H16ClFN6O/c20-14-8-15-16(25-19(14)28)7-12(10-23-15)11-26-3-5-27(6-4-26)17-2-1-13(9-22)24-18(17)21/h1-2,7-8,10H,3-6,11H2,(H,25,28). The molecule has 1 aliphatic rings. The van der Waals surface area contributed by atoms with Crippen molar-refractivity contribution in [2.75, 3.05) is 31.1 Å². The highest BCUT2D eigenvalue weighted by atomic mass is 35.5. The first kappa shape index (κ1) is 18.3. The lowest BCUT2D eigenvalue weighted by atomic mass is 10.2. The third-order valence-electron chi connectivity index (χ3n) is 4.77. The van der Waals surface area contributed by atoms with E-state index in [1.807, 2.05) is 17.0 Å². The minimum absolute atomic E-state index is 0.0722. The van der Waals surface area contributed by atoms with Crippen LogP contribution in [0.1, 0.15) is 11.3 Å². The molecule has 28 heavy (non-hydrogen) atoms. The van der Waals surface area contributed by atoms with Gasteiger partial charge in [-0.25, -0.2) is 4.98 Å². The van der Waals surface area contributed by atoms with Crippen LogP contribution in [0.5, 0.6) is 0 Å². The molecule has 1 fully saturated rings. The van der Waals surface area contributed by atoms with Crippen LogP contribution < -0.4 is 10.5 Å². The van der Waals surface area contributed by atoms with Gasteiger partial charge in [0.1, 0.15) is 16.8 Å². The fraction of sp³-hybridized carbons (Fsp3) is 0.263. The van der Waals surface area contributed by atoms with E-state index in [9.17, 15) is 9.18 Å². The fourth-order valence-corrected chi connectivity index (χ4v) is 3.47. The Bertz CT molecular complexity index is 1130. The van der Waals surface area contributed by atoms with Gasteiger partial charge in [0.15, 0.2) is 0 Å². The number of pyridine rings is 3. The highest BCUT2D eigenvalue weighted by Gasteiger charge is 2.20.